The largest absolute Gasteiger partial charge is 0.397 e. The number of anilines is 3. The highest BCUT2D eigenvalue weighted by atomic mass is 35.5. The van der Waals surface area contributed by atoms with Crippen LogP contribution in [0.25, 0.3) is 0 Å². The fourth-order valence-corrected chi connectivity index (χ4v) is 1.65. The topological polar surface area (TPSA) is 93.2 Å². The van der Waals surface area contributed by atoms with E-state index >= 15 is 0 Å². The summed E-state index contributed by atoms with van der Waals surface area (Å²) in [5.74, 6) is -0.803. The van der Waals surface area contributed by atoms with Crippen LogP contribution in [0, 0.1) is 5.82 Å². The molecule has 0 saturated heterocycles. The van der Waals surface area contributed by atoms with Gasteiger partial charge in [0.2, 0.25) is 5.91 Å². The van der Waals surface area contributed by atoms with E-state index in [1.807, 2.05) is 6.92 Å². The highest BCUT2D eigenvalue weighted by molar-refractivity contribution is 6.33. The summed E-state index contributed by atoms with van der Waals surface area (Å²) in [7, 11) is 0. The van der Waals surface area contributed by atoms with Crippen molar-refractivity contribution in [1.82, 2.24) is 5.32 Å². The molecule has 0 heterocycles. The first-order valence-corrected chi connectivity index (χ1v) is 6.38. The van der Waals surface area contributed by atoms with Crippen molar-refractivity contribution in [2.75, 3.05) is 29.9 Å². The molecule has 0 fully saturated rings. The molecule has 0 spiro atoms. The second-order valence-electron chi connectivity index (χ2n) is 4.08. The van der Waals surface area contributed by atoms with Crippen molar-refractivity contribution < 1.29 is 9.18 Å². The zero-order valence-corrected chi connectivity index (χ0v) is 11.5. The van der Waals surface area contributed by atoms with Crippen LogP contribution in [0.5, 0.6) is 0 Å². The Morgan fingerprint density at radius 2 is 2.05 bits per heavy atom. The molecule has 106 valence electrons. The third-order valence-electron chi connectivity index (χ3n) is 2.49. The Kier molecular flexibility index (Phi) is 5.69. The van der Waals surface area contributed by atoms with Crippen LogP contribution < -0.4 is 22.1 Å². The van der Waals surface area contributed by atoms with Gasteiger partial charge in [0.1, 0.15) is 5.02 Å². The van der Waals surface area contributed by atoms with E-state index in [0.29, 0.717) is 6.54 Å². The van der Waals surface area contributed by atoms with E-state index in [1.54, 1.807) is 0 Å². The van der Waals surface area contributed by atoms with E-state index in [2.05, 4.69) is 10.6 Å². The Morgan fingerprint density at radius 1 is 1.37 bits per heavy atom. The molecule has 0 aromatic heterocycles. The van der Waals surface area contributed by atoms with Gasteiger partial charge < -0.3 is 22.1 Å². The molecule has 0 aliphatic heterocycles. The summed E-state index contributed by atoms with van der Waals surface area (Å²) in [5, 5.41) is 5.30. The number of amides is 1. The second-order valence-corrected chi connectivity index (χ2v) is 4.46. The molecule has 5 nitrogen and oxygen atoms in total. The molecule has 1 rings (SSSR count). The zero-order chi connectivity index (χ0) is 14.4. The summed E-state index contributed by atoms with van der Waals surface area (Å²) in [6.07, 6.45) is 1.09. The standard InChI is InChI=1S/C12H18ClFN4O/c1-2-4-17-9(19)3-5-18-12-8(16)6-7(15)10(13)11(12)14/h6,18H,2-5,15-16H2,1H3,(H,17,19). The van der Waals surface area contributed by atoms with Crippen LogP contribution in [0.2, 0.25) is 5.02 Å². The average molecular weight is 289 g/mol. The van der Waals surface area contributed by atoms with Crippen LogP contribution in [-0.2, 0) is 4.79 Å². The molecule has 0 bridgehead atoms. The van der Waals surface area contributed by atoms with Gasteiger partial charge in [-0.15, -0.1) is 0 Å². The fourth-order valence-electron chi connectivity index (χ4n) is 1.50. The summed E-state index contributed by atoms with van der Waals surface area (Å²) >= 11 is 5.69. The van der Waals surface area contributed by atoms with Crippen molar-refractivity contribution in [1.29, 1.82) is 0 Å². The van der Waals surface area contributed by atoms with E-state index in [9.17, 15) is 9.18 Å². The maximum absolute atomic E-state index is 13.8. The molecule has 0 saturated carbocycles. The second kappa shape index (κ2) is 7.04. The van der Waals surface area contributed by atoms with Gasteiger partial charge in [-0.1, -0.05) is 18.5 Å². The van der Waals surface area contributed by atoms with Crippen molar-refractivity contribution >= 4 is 34.6 Å². The quantitative estimate of drug-likeness (QED) is 0.602. The number of halogens is 2. The molecular weight excluding hydrogens is 271 g/mol. The highest BCUT2D eigenvalue weighted by Gasteiger charge is 2.14. The fraction of sp³-hybridized carbons (Fsp3) is 0.417. The smallest absolute Gasteiger partial charge is 0.221 e. The van der Waals surface area contributed by atoms with Crippen LogP contribution in [0.15, 0.2) is 6.07 Å². The molecule has 19 heavy (non-hydrogen) atoms. The molecule has 0 radical (unpaired) electrons. The Labute approximate surface area is 116 Å². The first kappa shape index (κ1) is 15.4. The van der Waals surface area contributed by atoms with E-state index in [1.165, 1.54) is 6.07 Å². The van der Waals surface area contributed by atoms with Gasteiger partial charge in [-0.2, -0.15) is 0 Å². The first-order valence-electron chi connectivity index (χ1n) is 6.00. The van der Waals surface area contributed by atoms with Crippen LogP contribution in [0.1, 0.15) is 19.8 Å². The molecular formula is C12H18ClFN4O. The SMILES string of the molecule is CCCNC(=O)CCNc1c(N)cc(N)c(Cl)c1F. The molecule has 0 aliphatic rings. The number of rotatable bonds is 6. The normalized spacial score (nSPS) is 10.3. The predicted molar refractivity (Wildman–Crippen MR) is 76.6 cm³/mol. The minimum Gasteiger partial charge on any atom is -0.397 e. The minimum absolute atomic E-state index is 0.0718. The predicted octanol–water partition coefficient (Wildman–Crippen LogP) is 1.97. The van der Waals surface area contributed by atoms with Gasteiger partial charge >= 0.3 is 0 Å². The third kappa shape index (κ3) is 4.17. The Balaban J connectivity index is 2.59. The van der Waals surface area contributed by atoms with Gasteiger partial charge in [0.25, 0.3) is 0 Å². The van der Waals surface area contributed by atoms with E-state index in [-0.39, 0.29) is 41.0 Å². The van der Waals surface area contributed by atoms with E-state index in [0.717, 1.165) is 6.42 Å². The van der Waals surface area contributed by atoms with Gasteiger partial charge in [0.05, 0.1) is 17.1 Å². The average Bonchev–Trinajstić information content (AvgIpc) is 2.37. The third-order valence-corrected chi connectivity index (χ3v) is 2.88. The lowest BCUT2D eigenvalue weighted by Crippen LogP contribution is -2.26. The van der Waals surface area contributed by atoms with Crippen molar-refractivity contribution in [3.63, 3.8) is 0 Å². The number of carbonyl (C=O) groups excluding carboxylic acids is 1. The number of nitrogens with one attached hydrogen (secondary N) is 2. The lowest BCUT2D eigenvalue weighted by Gasteiger charge is -2.12. The molecule has 7 heteroatoms. The van der Waals surface area contributed by atoms with Crippen molar-refractivity contribution in [2.45, 2.75) is 19.8 Å². The lowest BCUT2D eigenvalue weighted by molar-refractivity contribution is -0.120. The van der Waals surface area contributed by atoms with Gasteiger partial charge in [0, 0.05) is 19.5 Å². The summed E-state index contributed by atoms with van der Waals surface area (Å²) in [4.78, 5) is 11.4. The Hall–Kier alpha value is -1.69. The Morgan fingerprint density at radius 3 is 2.68 bits per heavy atom. The minimum atomic E-state index is -0.701. The molecule has 0 aliphatic carbocycles. The summed E-state index contributed by atoms with van der Waals surface area (Å²) in [6, 6.07) is 1.38. The number of benzene rings is 1. The number of carbonyl (C=O) groups is 1. The van der Waals surface area contributed by atoms with E-state index < -0.39 is 5.82 Å². The molecule has 0 atom stereocenters. The van der Waals surface area contributed by atoms with Gasteiger partial charge in [-0.05, 0) is 12.5 Å². The summed E-state index contributed by atoms with van der Waals surface area (Å²) in [5.41, 5.74) is 11.4. The number of hydrogen-bond donors (Lipinski definition) is 4. The maximum Gasteiger partial charge on any atom is 0.221 e. The zero-order valence-electron chi connectivity index (χ0n) is 10.7. The van der Waals surface area contributed by atoms with Crippen LogP contribution >= 0.6 is 11.6 Å². The molecule has 6 N–H and O–H groups in total. The number of nitrogens with two attached hydrogens (primary N) is 2. The maximum atomic E-state index is 13.8. The summed E-state index contributed by atoms with van der Waals surface area (Å²) < 4.78 is 13.8. The summed E-state index contributed by atoms with van der Waals surface area (Å²) in [6.45, 7) is 2.85. The number of hydrogen-bond acceptors (Lipinski definition) is 4. The monoisotopic (exact) mass is 288 g/mol. The Bertz CT molecular complexity index is 468. The van der Waals surface area contributed by atoms with E-state index in [4.69, 9.17) is 23.1 Å². The number of nitrogen functional groups attached to an aromatic ring is 2. The molecule has 1 aromatic rings. The molecule has 0 unspecified atom stereocenters. The highest BCUT2D eigenvalue weighted by Crippen LogP contribution is 2.33. The van der Waals surface area contributed by atoms with Crippen LogP contribution in [0.3, 0.4) is 0 Å². The lowest BCUT2D eigenvalue weighted by atomic mass is 10.2. The van der Waals surface area contributed by atoms with Gasteiger partial charge in [-0.3, -0.25) is 4.79 Å². The van der Waals surface area contributed by atoms with Crippen molar-refractivity contribution in [3.05, 3.63) is 16.9 Å². The first-order chi connectivity index (χ1) is 8.97. The molecule has 1 aromatic carbocycles. The van der Waals surface area contributed by atoms with Crippen molar-refractivity contribution in [2.24, 2.45) is 0 Å². The van der Waals surface area contributed by atoms with Gasteiger partial charge in [0.15, 0.2) is 5.82 Å². The van der Waals surface area contributed by atoms with Crippen LogP contribution in [-0.4, -0.2) is 19.0 Å². The molecule has 1 amide bonds. The van der Waals surface area contributed by atoms with Crippen molar-refractivity contribution in [3.8, 4) is 0 Å². The van der Waals surface area contributed by atoms with Gasteiger partial charge in [-0.25, -0.2) is 4.39 Å². The van der Waals surface area contributed by atoms with Crippen LogP contribution in [0.4, 0.5) is 21.5 Å².